The zero-order valence-electron chi connectivity index (χ0n) is 23.0. The Labute approximate surface area is 228 Å². The van der Waals surface area contributed by atoms with E-state index in [1.165, 1.54) is 18.1 Å². The van der Waals surface area contributed by atoms with Crippen molar-refractivity contribution in [2.75, 3.05) is 24.2 Å². The first-order valence-corrected chi connectivity index (χ1v) is 14.2. The molecule has 12 heteroatoms. The first-order valence-electron chi connectivity index (χ1n) is 12.3. The van der Waals surface area contributed by atoms with Gasteiger partial charge in [0, 0.05) is 25.0 Å². The Balaban J connectivity index is 2.25. The van der Waals surface area contributed by atoms with Gasteiger partial charge in [-0.15, -0.1) is 0 Å². The molecule has 2 aromatic rings. The van der Waals surface area contributed by atoms with Gasteiger partial charge in [0.15, 0.2) is 0 Å². The number of carbonyl (C=O) groups is 2. The minimum atomic E-state index is -4.64. The number of alkyl halides is 3. The zero-order chi connectivity index (χ0) is 29.6. The average molecular weight is 572 g/mol. The van der Waals surface area contributed by atoms with Crippen LogP contribution in [-0.2, 0) is 32.3 Å². The molecule has 0 radical (unpaired) electrons. The molecule has 1 N–H and O–H groups in total. The molecule has 0 heterocycles. The van der Waals surface area contributed by atoms with Crippen molar-refractivity contribution < 1.29 is 35.9 Å². The average Bonchev–Trinajstić information content (AvgIpc) is 2.82. The molecule has 0 fully saturated rings. The number of hydrogen-bond acceptors (Lipinski definition) is 5. The molecule has 39 heavy (non-hydrogen) atoms. The molecular weight excluding hydrogens is 535 g/mol. The molecule has 0 bridgehead atoms. The van der Waals surface area contributed by atoms with Crippen LogP contribution >= 0.6 is 0 Å². The van der Waals surface area contributed by atoms with Gasteiger partial charge in [0.1, 0.15) is 11.8 Å². The summed E-state index contributed by atoms with van der Waals surface area (Å²) in [6.45, 7) is 6.93. The molecule has 0 aliphatic carbocycles. The summed E-state index contributed by atoms with van der Waals surface area (Å²) < 4.78 is 70.5. The van der Waals surface area contributed by atoms with Crippen molar-refractivity contribution in [1.29, 1.82) is 0 Å². The minimum Gasteiger partial charge on any atom is -0.497 e. The fraction of sp³-hybridized carbons (Fsp3) is 0.481. The Morgan fingerprint density at radius 1 is 1.05 bits per heavy atom. The highest BCUT2D eigenvalue weighted by Crippen LogP contribution is 2.32. The van der Waals surface area contributed by atoms with Gasteiger partial charge in [-0.25, -0.2) is 8.42 Å². The Morgan fingerprint density at radius 3 is 2.26 bits per heavy atom. The highest BCUT2D eigenvalue weighted by Gasteiger charge is 2.32. The Bertz CT molecular complexity index is 1260. The van der Waals surface area contributed by atoms with E-state index in [4.69, 9.17) is 4.74 Å². The number of ether oxygens (including phenoxy) is 1. The number of carbonyl (C=O) groups excluding carboxylic acids is 2. The molecule has 0 aromatic heterocycles. The van der Waals surface area contributed by atoms with Crippen LogP contribution in [0.5, 0.6) is 5.75 Å². The number of anilines is 1. The molecule has 1 unspecified atom stereocenters. The van der Waals surface area contributed by atoms with Gasteiger partial charge in [-0.3, -0.25) is 13.9 Å². The highest BCUT2D eigenvalue weighted by atomic mass is 32.2. The number of amides is 2. The largest absolute Gasteiger partial charge is 0.497 e. The fourth-order valence-corrected chi connectivity index (χ4v) is 4.82. The summed E-state index contributed by atoms with van der Waals surface area (Å²) in [6, 6.07) is 10.2. The second kappa shape index (κ2) is 12.7. The first kappa shape index (κ1) is 31.9. The van der Waals surface area contributed by atoms with Crippen LogP contribution in [0.25, 0.3) is 0 Å². The summed E-state index contributed by atoms with van der Waals surface area (Å²) in [6.07, 6.45) is -3.87. The first-order chi connectivity index (χ1) is 17.9. The van der Waals surface area contributed by atoms with Crippen molar-refractivity contribution in [1.82, 2.24) is 10.2 Å². The maximum absolute atomic E-state index is 13.4. The van der Waals surface area contributed by atoms with E-state index < -0.39 is 39.3 Å². The number of hydrogen-bond donors (Lipinski definition) is 1. The number of halogens is 3. The molecule has 0 aliphatic heterocycles. The van der Waals surface area contributed by atoms with E-state index >= 15 is 0 Å². The van der Waals surface area contributed by atoms with Gasteiger partial charge in [-0.2, -0.15) is 13.2 Å². The smallest absolute Gasteiger partial charge is 0.416 e. The van der Waals surface area contributed by atoms with Crippen LogP contribution in [0.1, 0.15) is 51.7 Å². The topological polar surface area (TPSA) is 96.0 Å². The van der Waals surface area contributed by atoms with Gasteiger partial charge in [-0.05, 0) is 70.0 Å². The Morgan fingerprint density at radius 2 is 1.69 bits per heavy atom. The van der Waals surface area contributed by atoms with Gasteiger partial charge in [0.05, 0.1) is 24.6 Å². The van der Waals surface area contributed by atoms with Crippen molar-refractivity contribution in [3.05, 3.63) is 59.7 Å². The highest BCUT2D eigenvalue weighted by molar-refractivity contribution is 7.92. The molecule has 8 nitrogen and oxygen atoms in total. The van der Waals surface area contributed by atoms with E-state index in [0.717, 1.165) is 34.3 Å². The second-order valence-corrected chi connectivity index (χ2v) is 12.2. The van der Waals surface area contributed by atoms with Crippen LogP contribution in [0.4, 0.5) is 18.9 Å². The van der Waals surface area contributed by atoms with Crippen LogP contribution < -0.4 is 14.4 Å². The summed E-state index contributed by atoms with van der Waals surface area (Å²) in [7, 11) is -2.43. The van der Waals surface area contributed by atoms with Gasteiger partial charge in [0.2, 0.25) is 21.8 Å². The lowest BCUT2D eigenvalue weighted by Gasteiger charge is -2.32. The summed E-state index contributed by atoms with van der Waals surface area (Å²) in [4.78, 5) is 27.7. The fourth-order valence-electron chi connectivity index (χ4n) is 3.87. The minimum absolute atomic E-state index is 0.0182. The van der Waals surface area contributed by atoms with Crippen LogP contribution in [-0.4, -0.2) is 56.6 Å². The van der Waals surface area contributed by atoms with E-state index in [2.05, 4.69) is 5.32 Å². The van der Waals surface area contributed by atoms with Crippen LogP contribution in [0, 0.1) is 0 Å². The second-order valence-electron chi connectivity index (χ2n) is 10.3. The summed E-state index contributed by atoms with van der Waals surface area (Å²) >= 11 is 0. The molecule has 2 aromatic carbocycles. The molecule has 216 valence electrons. The maximum Gasteiger partial charge on any atom is 0.416 e. The predicted octanol–water partition coefficient (Wildman–Crippen LogP) is 4.59. The molecule has 2 rings (SSSR count). The zero-order valence-corrected chi connectivity index (χ0v) is 23.8. The summed E-state index contributed by atoms with van der Waals surface area (Å²) in [5.74, 6) is -0.191. The van der Waals surface area contributed by atoms with Crippen LogP contribution in [0.2, 0.25) is 0 Å². The number of rotatable bonds is 11. The van der Waals surface area contributed by atoms with Crippen molar-refractivity contribution in [2.24, 2.45) is 0 Å². The van der Waals surface area contributed by atoms with Crippen LogP contribution in [0.15, 0.2) is 48.5 Å². The van der Waals surface area contributed by atoms with E-state index in [1.807, 2.05) is 20.8 Å². The van der Waals surface area contributed by atoms with Gasteiger partial charge >= 0.3 is 6.18 Å². The van der Waals surface area contributed by atoms with Crippen LogP contribution in [0.3, 0.4) is 0 Å². The quantitative estimate of drug-likeness (QED) is 0.426. The van der Waals surface area contributed by atoms with Crippen molar-refractivity contribution in [3.63, 3.8) is 0 Å². The lowest BCUT2D eigenvalue weighted by atomic mass is 10.1. The van der Waals surface area contributed by atoms with E-state index in [9.17, 15) is 31.2 Å². The van der Waals surface area contributed by atoms with Gasteiger partial charge < -0.3 is 15.0 Å². The molecule has 0 saturated carbocycles. The lowest BCUT2D eigenvalue weighted by Crippen LogP contribution is -2.52. The van der Waals surface area contributed by atoms with Crippen molar-refractivity contribution in [2.45, 2.75) is 64.8 Å². The number of nitrogens with one attached hydrogen (secondary N) is 1. The molecular formula is C27H36F3N3O5S. The Hall–Kier alpha value is -3.28. The SMILES string of the molecule is COc1cccc(CN(C(=O)CCCN(c2cccc(C(F)(F)F)c2)S(C)(=O)=O)C(C)C(=O)NC(C)(C)C)c1. The number of methoxy groups -OCH3 is 1. The Kier molecular flexibility index (Phi) is 10.4. The normalized spacial score (nSPS) is 12.9. The number of nitrogens with zero attached hydrogens (tertiary/aromatic N) is 2. The third-order valence-electron chi connectivity index (χ3n) is 5.77. The third-order valence-corrected chi connectivity index (χ3v) is 6.96. The summed E-state index contributed by atoms with van der Waals surface area (Å²) in [5, 5.41) is 2.86. The van der Waals surface area contributed by atoms with Gasteiger partial charge in [-0.1, -0.05) is 18.2 Å². The molecule has 2 amide bonds. The predicted molar refractivity (Wildman–Crippen MR) is 144 cm³/mol. The molecule has 0 saturated heterocycles. The van der Waals surface area contributed by atoms with E-state index in [0.29, 0.717) is 5.75 Å². The molecule has 1 atom stereocenters. The van der Waals surface area contributed by atoms with E-state index in [1.54, 1.807) is 31.2 Å². The third kappa shape index (κ3) is 9.76. The molecule has 0 aliphatic rings. The number of benzene rings is 2. The van der Waals surface area contributed by atoms with Gasteiger partial charge in [0.25, 0.3) is 0 Å². The summed E-state index contributed by atoms with van der Waals surface area (Å²) in [5.41, 5.74) is -0.935. The van der Waals surface area contributed by atoms with E-state index in [-0.39, 0.29) is 37.5 Å². The standard InChI is InChI=1S/C27H36F3N3O5S/c1-19(25(35)31-26(2,3)4)32(18-20-10-7-13-23(16-20)38-5)24(34)14-9-15-33(39(6,36)37)22-12-8-11-21(17-22)27(28,29)30/h7-8,10-13,16-17,19H,9,14-15,18H2,1-6H3,(H,31,35). The molecule has 0 spiro atoms. The van der Waals surface area contributed by atoms with Crippen molar-refractivity contribution >= 4 is 27.5 Å². The monoisotopic (exact) mass is 571 g/mol. The van der Waals surface area contributed by atoms with Crippen molar-refractivity contribution in [3.8, 4) is 5.75 Å². The number of sulfonamides is 1. The maximum atomic E-state index is 13.4. The lowest BCUT2D eigenvalue weighted by molar-refractivity contribution is -0.141.